The van der Waals surface area contributed by atoms with Gasteiger partial charge in [0.15, 0.2) is 0 Å². The summed E-state index contributed by atoms with van der Waals surface area (Å²) in [5.74, 6) is 0.288. The van der Waals surface area contributed by atoms with E-state index in [0.29, 0.717) is 5.75 Å². The zero-order valence-corrected chi connectivity index (χ0v) is 12.3. The van der Waals surface area contributed by atoms with Crippen LogP contribution in [-0.2, 0) is 10.5 Å². The third-order valence-electron chi connectivity index (χ3n) is 2.95. The van der Waals surface area contributed by atoms with Crippen molar-refractivity contribution in [3.8, 4) is 0 Å². The highest BCUT2D eigenvalue weighted by Crippen LogP contribution is 2.18. The minimum Gasteiger partial charge on any atom is -0.480 e. The summed E-state index contributed by atoms with van der Waals surface area (Å²) >= 11 is 1.55. The van der Waals surface area contributed by atoms with E-state index in [4.69, 9.17) is 10.8 Å². The van der Waals surface area contributed by atoms with Gasteiger partial charge in [0.1, 0.15) is 6.04 Å². The van der Waals surface area contributed by atoms with Crippen LogP contribution < -0.4 is 10.6 Å². The molecule has 0 saturated carbocycles. The predicted octanol–water partition coefficient (Wildman–Crippen LogP) is 2.18. The van der Waals surface area contributed by atoms with Crippen molar-refractivity contribution < 1.29 is 9.90 Å². The summed E-state index contributed by atoms with van der Waals surface area (Å²) in [7, 11) is 0. The van der Waals surface area contributed by atoms with E-state index in [1.165, 1.54) is 11.3 Å². The minimum absolute atomic E-state index is 0.438. The molecule has 0 aromatic heterocycles. The molecule has 0 saturated heterocycles. The quantitative estimate of drug-likeness (QED) is 0.765. The van der Waals surface area contributed by atoms with Crippen LogP contribution in [0.2, 0.25) is 0 Å². The molecule has 3 N–H and O–H groups in total. The molecule has 0 fully saturated rings. The molecule has 19 heavy (non-hydrogen) atoms. The molecule has 1 aromatic rings. The van der Waals surface area contributed by atoms with Crippen LogP contribution in [0, 0.1) is 0 Å². The van der Waals surface area contributed by atoms with Gasteiger partial charge in [-0.1, -0.05) is 12.1 Å². The van der Waals surface area contributed by atoms with Gasteiger partial charge in [-0.25, -0.2) is 0 Å². The summed E-state index contributed by atoms with van der Waals surface area (Å²) in [6.45, 7) is 6.28. The van der Waals surface area contributed by atoms with E-state index >= 15 is 0 Å². The SMILES string of the molecule is CCN(CC)c1ccc(CSC[C@H](N)C(=O)O)cc1. The second kappa shape index (κ2) is 8.07. The van der Waals surface area contributed by atoms with Crippen molar-refractivity contribution in [3.05, 3.63) is 29.8 Å². The van der Waals surface area contributed by atoms with Gasteiger partial charge in [-0.3, -0.25) is 4.79 Å². The molecule has 4 nitrogen and oxygen atoms in total. The first-order chi connectivity index (χ1) is 9.08. The number of benzene rings is 1. The molecule has 106 valence electrons. The number of nitrogens with zero attached hydrogens (tertiary/aromatic N) is 1. The Labute approximate surface area is 119 Å². The Bertz CT molecular complexity index is 391. The van der Waals surface area contributed by atoms with Gasteiger partial charge < -0.3 is 15.7 Å². The Morgan fingerprint density at radius 1 is 1.32 bits per heavy atom. The number of anilines is 1. The van der Waals surface area contributed by atoms with E-state index in [1.807, 2.05) is 0 Å². The van der Waals surface area contributed by atoms with Crippen LogP contribution in [0.5, 0.6) is 0 Å². The van der Waals surface area contributed by atoms with E-state index in [9.17, 15) is 4.79 Å². The van der Waals surface area contributed by atoms with Crippen molar-refractivity contribution in [1.82, 2.24) is 0 Å². The van der Waals surface area contributed by atoms with E-state index in [1.54, 1.807) is 11.8 Å². The number of hydrogen-bond donors (Lipinski definition) is 2. The maximum absolute atomic E-state index is 10.6. The predicted molar refractivity (Wildman–Crippen MR) is 81.8 cm³/mol. The van der Waals surface area contributed by atoms with Gasteiger partial charge in [0.2, 0.25) is 0 Å². The molecular formula is C14H22N2O2S. The first-order valence-corrected chi connectivity index (χ1v) is 7.64. The standard InChI is InChI=1S/C14H22N2O2S/c1-3-16(4-2)12-7-5-11(6-8-12)9-19-10-13(15)14(17)18/h5-8,13H,3-4,9-10,15H2,1-2H3,(H,17,18)/t13-/m0/s1. The molecule has 0 aliphatic carbocycles. The van der Waals surface area contributed by atoms with Crippen molar-refractivity contribution in [2.75, 3.05) is 23.7 Å². The Hall–Kier alpha value is -1.20. The molecule has 1 aromatic carbocycles. The van der Waals surface area contributed by atoms with Gasteiger partial charge in [-0.15, -0.1) is 0 Å². The number of thioether (sulfide) groups is 1. The molecule has 5 heteroatoms. The molecule has 0 heterocycles. The van der Waals surface area contributed by atoms with Gasteiger partial charge in [-0.2, -0.15) is 11.8 Å². The smallest absolute Gasteiger partial charge is 0.321 e. The average molecular weight is 282 g/mol. The van der Waals surface area contributed by atoms with E-state index in [0.717, 1.165) is 18.8 Å². The molecule has 0 aliphatic heterocycles. The summed E-state index contributed by atoms with van der Waals surface area (Å²) in [6, 6.07) is 7.62. The van der Waals surface area contributed by atoms with Gasteiger partial charge >= 0.3 is 5.97 Å². The fourth-order valence-corrected chi connectivity index (χ4v) is 2.71. The molecule has 0 unspecified atom stereocenters. The maximum atomic E-state index is 10.6. The van der Waals surface area contributed by atoms with E-state index in [-0.39, 0.29) is 0 Å². The van der Waals surface area contributed by atoms with Crippen molar-refractivity contribution in [2.24, 2.45) is 5.73 Å². The number of rotatable bonds is 8. The second-order valence-corrected chi connectivity index (χ2v) is 5.33. The summed E-state index contributed by atoms with van der Waals surface area (Å²) in [6.07, 6.45) is 0. The van der Waals surface area contributed by atoms with Crippen molar-refractivity contribution >= 4 is 23.4 Å². The van der Waals surface area contributed by atoms with Crippen LogP contribution in [0.4, 0.5) is 5.69 Å². The third kappa shape index (κ3) is 5.12. The number of nitrogens with two attached hydrogens (primary N) is 1. The molecule has 0 aliphatic rings. The number of aliphatic carboxylic acids is 1. The summed E-state index contributed by atoms with van der Waals surface area (Å²) in [5, 5.41) is 8.69. The normalized spacial score (nSPS) is 12.2. The van der Waals surface area contributed by atoms with Crippen LogP contribution >= 0.6 is 11.8 Å². The van der Waals surface area contributed by atoms with Gasteiger partial charge in [0, 0.05) is 30.3 Å². The topological polar surface area (TPSA) is 66.6 Å². The summed E-state index contributed by atoms with van der Waals surface area (Å²) in [4.78, 5) is 12.9. The molecule has 1 rings (SSSR count). The third-order valence-corrected chi connectivity index (χ3v) is 4.08. The van der Waals surface area contributed by atoms with Crippen LogP contribution in [0.3, 0.4) is 0 Å². The molecule has 1 atom stereocenters. The molecule has 0 spiro atoms. The van der Waals surface area contributed by atoms with E-state index in [2.05, 4.69) is 43.0 Å². The lowest BCUT2D eigenvalue weighted by Crippen LogP contribution is -2.32. The number of carboxylic acid groups (broad SMARTS) is 1. The van der Waals surface area contributed by atoms with Crippen molar-refractivity contribution in [2.45, 2.75) is 25.6 Å². The molecule has 0 bridgehead atoms. The zero-order chi connectivity index (χ0) is 14.3. The number of carboxylic acids is 1. The van der Waals surface area contributed by atoms with Crippen LogP contribution in [0.1, 0.15) is 19.4 Å². The van der Waals surface area contributed by atoms with Crippen LogP contribution in [0.15, 0.2) is 24.3 Å². The maximum Gasteiger partial charge on any atom is 0.321 e. The van der Waals surface area contributed by atoms with Crippen LogP contribution in [-0.4, -0.2) is 36.0 Å². The Morgan fingerprint density at radius 2 is 1.89 bits per heavy atom. The minimum atomic E-state index is -0.940. The first kappa shape index (κ1) is 15.9. The number of carbonyl (C=O) groups is 1. The fourth-order valence-electron chi connectivity index (χ4n) is 1.77. The lowest BCUT2D eigenvalue weighted by molar-refractivity contribution is -0.137. The molecule has 0 radical (unpaired) electrons. The highest BCUT2D eigenvalue weighted by atomic mass is 32.2. The van der Waals surface area contributed by atoms with Gasteiger partial charge in [0.05, 0.1) is 0 Å². The average Bonchev–Trinajstić information content (AvgIpc) is 2.41. The summed E-state index contributed by atoms with van der Waals surface area (Å²) in [5.41, 5.74) is 7.87. The largest absolute Gasteiger partial charge is 0.480 e. The molecular weight excluding hydrogens is 260 g/mol. The summed E-state index contributed by atoms with van der Waals surface area (Å²) < 4.78 is 0. The highest BCUT2D eigenvalue weighted by Gasteiger charge is 2.10. The van der Waals surface area contributed by atoms with Gasteiger partial charge in [-0.05, 0) is 31.5 Å². The molecule has 0 amide bonds. The first-order valence-electron chi connectivity index (χ1n) is 6.48. The Balaban J connectivity index is 2.46. The van der Waals surface area contributed by atoms with Crippen molar-refractivity contribution in [3.63, 3.8) is 0 Å². The fraction of sp³-hybridized carbons (Fsp3) is 0.500. The lowest BCUT2D eigenvalue weighted by atomic mass is 10.2. The second-order valence-electron chi connectivity index (χ2n) is 4.30. The van der Waals surface area contributed by atoms with Gasteiger partial charge in [0.25, 0.3) is 0 Å². The number of hydrogen-bond acceptors (Lipinski definition) is 4. The lowest BCUT2D eigenvalue weighted by Gasteiger charge is -2.21. The Morgan fingerprint density at radius 3 is 2.37 bits per heavy atom. The van der Waals surface area contributed by atoms with Crippen molar-refractivity contribution in [1.29, 1.82) is 0 Å². The Kier molecular flexibility index (Phi) is 6.73. The van der Waals surface area contributed by atoms with E-state index < -0.39 is 12.0 Å². The monoisotopic (exact) mass is 282 g/mol. The zero-order valence-electron chi connectivity index (χ0n) is 11.5. The van der Waals surface area contributed by atoms with Crippen LogP contribution in [0.25, 0.3) is 0 Å². The highest BCUT2D eigenvalue weighted by molar-refractivity contribution is 7.98.